The summed E-state index contributed by atoms with van der Waals surface area (Å²) < 4.78 is 40.2. The summed E-state index contributed by atoms with van der Waals surface area (Å²) >= 11 is 0. The van der Waals surface area contributed by atoms with Crippen LogP contribution < -0.4 is 26.6 Å². The first kappa shape index (κ1) is 71.4. The Kier molecular flexibility index (Phi) is 55.8. The largest absolute Gasteiger partial charge is 0.394 e. The van der Waals surface area contributed by atoms with E-state index in [1.807, 2.05) is 7.05 Å². The molecule has 6 N–H and O–H groups in total. The lowest BCUT2D eigenvalue weighted by Crippen LogP contribution is -2.47. The number of unbranched alkanes of at least 4 members (excludes halogenated alkanes) is 5. The summed E-state index contributed by atoms with van der Waals surface area (Å²) in [5, 5.41) is 31.6. The molecule has 71 heavy (non-hydrogen) atoms. The van der Waals surface area contributed by atoms with Crippen LogP contribution >= 0.6 is 8.53 Å². The second-order valence-electron chi connectivity index (χ2n) is 16.4. The van der Waals surface area contributed by atoms with E-state index in [0.717, 1.165) is 45.1 Å². The molecule has 0 spiro atoms. The van der Waals surface area contributed by atoms with Crippen LogP contribution in [-0.2, 0) is 56.7 Å². The standard InChI is InChI=1S/C29H48N4O10.C16H34N3O2P.C5H10O/c1-3-15-39-21-23-42-18-12-31-27(37)6-9-29(33-25-35,8-5-26(36)30-11-17-41-20-14-34)10-7-28(38)32-13-19-43-24-22-40-16-4-2;1-15(2)19(16(3)4)22(21-14-10-11-17)20-13-9-7-6-8-12-18-5;1-2-3-4-5-6/h1-2,25,34H,5-24H2,(H,30,36)(H,31,37)(H,32,38)(H,33,35);15-16,18H,6-10,12-14H2,1-5H3;5H,2-4H2,1H3. The Hall–Kier alpha value is -3.81. The number of ether oxygens (including phenoxy) is 5. The molecule has 0 saturated heterocycles. The van der Waals surface area contributed by atoms with Gasteiger partial charge in [-0.05, 0) is 79.8 Å². The van der Waals surface area contributed by atoms with Crippen LogP contribution in [0.25, 0.3) is 0 Å². The summed E-state index contributed by atoms with van der Waals surface area (Å²) in [6.07, 6.45) is 20.5. The number of aliphatic hydroxyl groups excluding tert-OH is 1. The van der Waals surface area contributed by atoms with Crippen LogP contribution in [0.4, 0.5) is 0 Å². The summed E-state index contributed by atoms with van der Waals surface area (Å²) in [7, 11) is 0.915. The average molecular weight is 1030 g/mol. The molecule has 0 aliphatic rings. The van der Waals surface area contributed by atoms with E-state index >= 15 is 0 Å². The van der Waals surface area contributed by atoms with Crippen LogP contribution in [0.3, 0.4) is 0 Å². The number of rotatable bonds is 47. The molecule has 21 heteroatoms. The molecule has 0 aromatic carbocycles. The van der Waals surface area contributed by atoms with E-state index in [9.17, 15) is 24.0 Å². The number of nitrogens with one attached hydrogen (secondary N) is 5. The number of terminal acetylenes is 2. The Morgan fingerprint density at radius 3 is 1.52 bits per heavy atom. The van der Waals surface area contributed by atoms with Crippen molar-refractivity contribution in [1.29, 1.82) is 5.26 Å². The van der Waals surface area contributed by atoms with E-state index < -0.39 is 14.1 Å². The molecule has 0 aromatic heterocycles. The summed E-state index contributed by atoms with van der Waals surface area (Å²) in [6.45, 7) is 16.4. The van der Waals surface area contributed by atoms with Crippen molar-refractivity contribution < 1.29 is 61.8 Å². The molecule has 0 heterocycles. The highest BCUT2D eigenvalue weighted by Gasteiger charge is 2.32. The van der Waals surface area contributed by atoms with E-state index in [4.69, 9.17) is 55.9 Å². The first-order valence-electron chi connectivity index (χ1n) is 25.1. The maximum absolute atomic E-state index is 12.5. The van der Waals surface area contributed by atoms with Crippen LogP contribution in [0.1, 0.15) is 125 Å². The number of hydrogen-bond acceptors (Lipinski definition) is 16. The zero-order valence-electron chi connectivity index (χ0n) is 44.1. The van der Waals surface area contributed by atoms with E-state index in [1.54, 1.807) is 0 Å². The van der Waals surface area contributed by atoms with Crippen molar-refractivity contribution in [2.75, 3.05) is 119 Å². The molecule has 0 radical (unpaired) electrons. The second kappa shape index (κ2) is 55.5. The van der Waals surface area contributed by atoms with Crippen molar-refractivity contribution in [1.82, 2.24) is 31.3 Å². The third-order valence-corrected chi connectivity index (χ3v) is 11.9. The number of aliphatic hydroxyl groups is 1. The zero-order valence-corrected chi connectivity index (χ0v) is 45.0. The molecular formula is C50H92N7O13P. The molecule has 0 rings (SSSR count). The molecule has 0 bridgehead atoms. The number of aldehydes is 1. The molecule has 4 amide bonds. The van der Waals surface area contributed by atoms with Crippen molar-refractivity contribution in [3.05, 3.63) is 0 Å². The van der Waals surface area contributed by atoms with Gasteiger partial charge in [-0.1, -0.05) is 38.0 Å². The van der Waals surface area contributed by atoms with E-state index in [2.05, 4.69) is 83.8 Å². The lowest BCUT2D eigenvalue weighted by Gasteiger charge is -2.35. The van der Waals surface area contributed by atoms with Crippen molar-refractivity contribution in [2.24, 2.45) is 0 Å². The number of nitriles is 1. The fourth-order valence-corrected chi connectivity index (χ4v) is 7.83. The average Bonchev–Trinajstić information content (AvgIpc) is 3.35. The van der Waals surface area contributed by atoms with Gasteiger partial charge in [0.1, 0.15) is 19.5 Å². The van der Waals surface area contributed by atoms with Crippen LogP contribution in [0.15, 0.2) is 0 Å². The Morgan fingerprint density at radius 1 is 0.662 bits per heavy atom. The topological polar surface area (TPSA) is 257 Å². The van der Waals surface area contributed by atoms with Gasteiger partial charge in [-0.15, -0.1) is 12.8 Å². The predicted molar refractivity (Wildman–Crippen MR) is 277 cm³/mol. The summed E-state index contributed by atoms with van der Waals surface area (Å²) in [5.74, 6) is 3.91. The monoisotopic (exact) mass is 1030 g/mol. The number of carbonyl (C=O) groups is 5. The lowest BCUT2D eigenvalue weighted by atomic mass is 9.83. The van der Waals surface area contributed by atoms with E-state index in [0.29, 0.717) is 57.9 Å². The van der Waals surface area contributed by atoms with Gasteiger partial charge in [0.05, 0.1) is 85.2 Å². The lowest BCUT2D eigenvalue weighted by molar-refractivity contribution is -0.123. The fraction of sp³-hybridized carbons (Fsp3) is 0.800. The van der Waals surface area contributed by atoms with Crippen molar-refractivity contribution >= 4 is 38.9 Å². The van der Waals surface area contributed by atoms with Gasteiger partial charge in [-0.2, -0.15) is 5.26 Å². The van der Waals surface area contributed by atoms with Gasteiger partial charge in [0, 0.05) is 62.9 Å². The Bertz CT molecular complexity index is 1360. The highest BCUT2D eigenvalue weighted by atomic mass is 31.2. The van der Waals surface area contributed by atoms with Crippen LogP contribution in [0.5, 0.6) is 0 Å². The van der Waals surface area contributed by atoms with Crippen molar-refractivity contribution in [3.63, 3.8) is 0 Å². The van der Waals surface area contributed by atoms with E-state index in [-0.39, 0.29) is 122 Å². The van der Waals surface area contributed by atoms with Crippen molar-refractivity contribution in [2.45, 2.75) is 142 Å². The number of hydrogen-bond donors (Lipinski definition) is 6. The predicted octanol–water partition coefficient (Wildman–Crippen LogP) is 3.94. The maximum Gasteiger partial charge on any atom is 0.259 e. The quantitative estimate of drug-likeness (QED) is 0.0218. The summed E-state index contributed by atoms with van der Waals surface area (Å²) in [6, 6.07) is 2.85. The Morgan fingerprint density at radius 2 is 1.13 bits per heavy atom. The number of nitrogens with zero attached hydrogens (tertiary/aromatic N) is 2. The molecular weight excluding hydrogens is 938 g/mol. The minimum Gasteiger partial charge on any atom is -0.394 e. The van der Waals surface area contributed by atoms with Gasteiger partial charge in [-0.3, -0.25) is 19.2 Å². The van der Waals surface area contributed by atoms with Gasteiger partial charge in [-0.25, -0.2) is 4.67 Å². The first-order chi connectivity index (χ1) is 34.4. The molecule has 0 aliphatic carbocycles. The van der Waals surface area contributed by atoms with Crippen LogP contribution in [0.2, 0.25) is 0 Å². The first-order valence-corrected chi connectivity index (χ1v) is 26.2. The fourth-order valence-electron chi connectivity index (χ4n) is 6.20. The van der Waals surface area contributed by atoms with Gasteiger partial charge in [0.15, 0.2) is 0 Å². The number of carbonyl (C=O) groups excluding carboxylic acids is 5. The number of amides is 4. The van der Waals surface area contributed by atoms with Gasteiger partial charge in [0.2, 0.25) is 24.1 Å². The van der Waals surface area contributed by atoms with Gasteiger partial charge >= 0.3 is 0 Å². The summed E-state index contributed by atoms with van der Waals surface area (Å²) in [4.78, 5) is 58.6. The van der Waals surface area contributed by atoms with Crippen molar-refractivity contribution in [3.8, 4) is 30.8 Å². The third-order valence-electron chi connectivity index (χ3n) is 9.77. The highest BCUT2D eigenvalue weighted by Crippen LogP contribution is 2.46. The molecule has 0 aliphatic heterocycles. The molecule has 410 valence electrons. The van der Waals surface area contributed by atoms with Crippen LogP contribution in [0, 0.1) is 36.0 Å². The zero-order chi connectivity index (χ0) is 53.5. The molecule has 1 unspecified atom stereocenters. The van der Waals surface area contributed by atoms with Crippen LogP contribution in [-0.4, -0.2) is 177 Å². The molecule has 1 atom stereocenters. The molecule has 0 saturated carbocycles. The smallest absolute Gasteiger partial charge is 0.259 e. The van der Waals surface area contributed by atoms with E-state index in [1.165, 1.54) is 19.3 Å². The van der Waals surface area contributed by atoms with Gasteiger partial charge < -0.3 is 69.2 Å². The highest BCUT2D eigenvalue weighted by molar-refractivity contribution is 7.44. The second-order valence-corrected chi connectivity index (χ2v) is 17.8. The minimum absolute atomic E-state index is 0.0508. The maximum atomic E-state index is 12.5. The Labute approximate surface area is 428 Å². The molecule has 20 nitrogen and oxygen atoms in total. The Balaban J connectivity index is -0.00000136. The minimum atomic E-state index is -1.07. The summed E-state index contributed by atoms with van der Waals surface area (Å²) in [5.41, 5.74) is -0.975. The molecule has 0 aromatic rings. The molecule has 0 fully saturated rings. The van der Waals surface area contributed by atoms with Gasteiger partial charge in [0.25, 0.3) is 8.53 Å². The SMILES string of the molecule is C#CCOCCOCCNC(=O)CCC(CCC(=O)NCCOCCO)(CCC(=O)NCCOCCOCC#C)NC=O.CCCCC=O.CNCCCCCCOP(OCCC#N)N(C(C)C)C(C)C. The third kappa shape index (κ3) is 49.5. The normalized spacial score (nSPS) is 11.3.